The Labute approximate surface area is 261 Å². The lowest BCUT2D eigenvalue weighted by atomic mass is 9.98. The van der Waals surface area contributed by atoms with E-state index in [1.54, 1.807) is 12.1 Å². The molecule has 0 radical (unpaired) electrons. The van der Waals surface area contributed by atoms with Gasteiger partial charge in [-0.1, -0.05) is 76.1 Å². The number of nitrogens with zero attached hydrogens (tertiary/aromatic N) is 4. The molecule has 0 aliphatic carbocycles. The Balaban J connectivity index is 1.95. The second-order valence-electron chi connectivity index (χ2n) is 10.1. The molecule has 0 aromatic heterocycles. The SMILES string of the molecule is CCCCCCOc1ccc(OCCCCCC)c(C#Cc2cc(C#N)c(C#Cc3cc(C#N)ccc3C#N)cc2C#N)c1. The Morgan fingerprint density at radius 1 is 0.477 bits per heavy atom. The minimum atomic E-state index is 0.243. The number of hydrogen-bond acceptors (Lipinski definition) is 6. The number of benzene rings is 3. The van der Waals surface area contributed by atoms with Crippen molar-refractivity contribution in [3.8, 4) is 59.5 Å². The first-order chi connectivity index (χ1) is 21.6. The summed E-state index contributed by atoms with van der Waals surface area (Å²) in [6.07, 6.45) is 8.77. The fourth-order valence-electron chi connectivity index (χ4n) is 4.33. The predicted octanol–water partition coefficient (Wildman–Crippen LogP) is 7.89. The van der Waals surface area contributed by atoms with Crippen molar-refractivity contribution in [1.82, 2.24) is 0 Å². The van der Waals surface area contributed by atoms with Gasteiger partial charge in [-0.2, -0.15) is 21.0 Å². The quantitative estimate of drug-likeness (QED) is 0.159. The van der Waals surface area contributed by atoms with Crippen LogP contribution in [0.15, 0.2) is 48.5 Å². The molecular formula is C38H34N4O2. The van der Waals surface area contributed by atoms with Crippen molar-refractivity contribution < 1.29 is 9.47 Å². The van der Waals surface area contributed by atoms with Crippen molar-refractivity contribution in [2.75, 3.05) is 13.2 Å². The van der Waals surface area contributed by atoms with Gasteiger partial charge < -0.3 is 9.47 Å². The van der Waals surface area contributed by atoms with Crippen LogP contribution < -0.4 is 9.47 Å². The lowest BCUT2D eigenvalue weighted by Gasteiger charge is -2.11. The van der Waals surface area contributed by atoms with Gasteiger partial charge in [0.25, 0.3) is 0 Å². The van der Waals surface area contributed by atoms with Gasteiger partial charge in [0.1, 0.15) is 29.7 Å². The van der Waals surface area contributed by atoms with Gasteiger partial charge in [-0.3, -0.25) is 0 Å². The maximum atomic E-state index is 9.91. The molecule has 3 aromatic carbocycles. The van der Waals surface area contributed by atoms with Crippen molar-refractivity contribution in [3.05, 3.63) is 93.0 Å². The molecule has 3 rings (SSSR count). The molecule has 0 spiro atoms. The van der Waals surface area contributed by atoms with Crippen LogP contribution in [0.5, 0.6) is 11.5 Å². The molecule has 0 saturated heterocycles. The Morgan fingerprint density at radius 2 is 1.02 bits per heavy atom. The summed E-state index contributed by atoms with van der Waals surface area (Å²) in [7, 11) is 0. The summed E-state index contributed by atoms with van der Waals surface area (Å²) >= 11 is 0. The van der Waals surface area contributed by atoms with Crippen LogP contribution >= 0.6 is 0 Å². The molecule has 44 heavy (non-hydrogen) atoms. The fourth-order valence-corrected chi connectivity index (χ4v) is 4.33. The highest BCUT2D eigenvalue weighted by Gasteiger charge is 2.10. The highest BCUT2D eigenvalue weighted by molar-refractivity contribution is 5.63. The lowest BCUT2D eigenvalue weighted by molar-refractivity contribution is 0.296. The van der Waals surface area contributed by atoms with Gasteiger partial charge in [-0.05, 0) is 61.4 Å². The van der Waals surface area contributed by atoms with Crippen LogP contribution in [0.3, 0.4) is 0 Å². The van der Waals surface area contributed by atoms with E-state index in [1.165, 1.54) is 24.6 Å². The summed E-state index contributed by atoms with van der Waals surface area (Å²) < 4.78 is 12.1. The van der Waals surface area contributed by atoms with E-state index >= 15 is 0 Å². The van der Waals surface area contributed by atoms with Gasteiger partial charge >= 0.3 is 0 Å². The molecule has 0 N–H and O–H groups in total. The lowest BCUT2D eigenvalue weighted by Crippen LogP contribution is -2.01. The second kappa shape index (κ2) is 18.0. The predicted molar refractivity (Wildman–Crippen MR) is 169 cm³/mol. The molecule has 0 atom stereocenters. The zero-order chi connectivity index (χ0) is 31.6. The van der Waals surface area contributed by atoms with Crippen LogP contribution in [0, 0.1) is 69.0 Å². The third-order valence-corrected chi connectivity index (χ3v) is 6.80. The van der Waals surface area contributed by atoms with Gasteiger partial charge in [0.2, 0.25) is 0 Å². The van der Waals surface area contributed by atoms with Crippen LogP contribution in [0.2, 0.25) is 0 Å². The topological polar surface area (TPSA) is 114 Å². The average molecular weight is 579 g/mol. The first-order valence-corrected chi connectivity index (χ1v) is 14.9. The van der Waals surface area contributed by atoms with E-state index in [4.69, 9.17) is 9.47 Å². The minimum absolute atomic E-state index is 0.243. The van der Waals surface area contributed by atoms with E-state index in [2.05, 4.69) is 55.7 Å². The molecule has 0 unspecified atom stereocenters. The van der Waals surface area contributed by atoms with Crippen LogP contribution in [-0.4, -0.2) is 13.2 Å². The zero-order valence-corrected chi connectivity index (χ0v) is 25.3. The molecule has 0 bridgehead atoms. The normalized spacial score (nSPS) is 9.59. The number of unbranched alkanes of at least 4 members (excludes halogenated alkanes) is 6. The van der Waals surface area contributed by atoms with Crippen LogP contribution in [0.1, 0.15) is 110 Å². The largest absolute Gasteiger partial charge is 0.494 e. The van der Waals surface area contributed by atoms with Crippen LogP contribution in [0.25, 0.3) is 0 Å². The maximum absolute atomic E-state index is 9.91. The summed E-state index contributed by atoms with van der Waals surface area (Å²) in [5, 5.41) is 38.4. The van der Waals surface area contributed by atoms with Crippen molar-refractivity contribution in [1.29, 1.82) is 21.0 Å². The molecule has 0 aliphatic rings. The van der Waals surface area contributed by atoms with E-state index in [-0.39, 0.29) is 11.1 Å². The van der Waals surface area contributed by atoms with Crippen LogP contribution in [-0.2, 0) is 0 Å². The standard InChI is InChI=1S/C38H34N4O2/c1-3-5-7-9-19-43-37-17-18-38(44-20-10-8-6-4-2)33(24-37)16-15-32-23-35(27-41)31(22-36(32)28-42)14-13-30-21-29(25-39)11-12-34(30)26-40/h11-12,17-18,21-24H,3-10,19-20H2,1-2H3. The van der Waals surface area contributed by atoms with E-state index in [0.717, 1.165) is 44.9 Å². The number of ether oxygens (including phenoxy) is 2. The molecular weight excluding hydrogens is 544 g/mol. The summed E-state index contributed by atoms with van der Waals surface area (Å²) in [5.74, 6) is 13.3. The molecule has 6 nitrogen and oxygen atoms in total. The fraction of sp³-hybridized carbons (Fsp3) is 0.316. The summed E-state index contributed by atoms with van der Waals surface area (Å²) in [6.45, 7) is 5.54. The number of hydrogen-bond donors (Lipinski definition) is 0. The van der Waals surface area contributed by atoms with Gasteiger partial charge in [0.15, 0.2) is 0 Å². The highest BCUT2D eigenvalue weighted by atomic mass is 16.5. The molecule has 3 aromatic rings. The van der Waals surface area contributed by atoms with E-state index < -0.39 is 0 Å². The van der Waals surface area contributed by atoms with E-state index in [9.17, 15) is 21.0 Å². The molecule has 0 aliphatic heterocycles. The third-order valence-electron chi connectivity index (χ3n) is 6.80. The Hall–Kier alpha value is -5.66. The Morgan fingerprint density at radius 3 is 1.57 bits per heavy atom. The molecule has 0 heterocycles. The first kappa shape index (κ1) is 32.8. The minimum Gasteiger partial charge on any atom is -0.494 e. The summed E-state index contributed by atoms with van der Waals surface area (Å²) in [4.78, 5) is 0. The maximum Gasteiger partial charge on any atom is 0.135 e. The van der Waals surface area contributed by atoms with Gasteiger partial charge in [0.05, 0.1) is 47.1 Å². The van der Waals surface area contributed by atoms with Gasteiger partial charge in [0, 0.05) is 16.7 Å². The Bertz CT molecular complexity index is 1760. The molecule has 0 saturated carbocycles. The number of nitriles is 4. The Kier molecular flexibility index (Phi) is 13.4. The van der Waals surface area contributed by atoms with Crippen molar-refractivity contribution in [2.24, 2.45) is 0 Å². The smallest absolute Gasteiger partial charge is 0.135 e. The summed E-state index contributed by atoms with van der Waals surface area (Å²) in [5.41, 5.74) is 2.91. The second-order valence-corrected chi connectivity index (χ2v) is 10.1. The highest BCUT2D eigenvalue weighted by Crippen LogP contribution is 2.25. The van der Waals surface area contributed by atoms with Crippen molar-refractivity contribution in [2.45, 2.75) is 65.2 Å². The van der Waals surface area contributed by atoms with Crippen molar-refractivity contribution >= 4 is 0 Å². The molecule has 0 fully saturated rings. The van der Waals surface area contributed by atoms with Crippen LogP contribution in [0.4, 0.5) is 0 Å². The monoisotopic (exact) mass is 578 g/mol. The van der Waals surface area contributed by atoms with E-state index in [0.29, 0.717) is 58.1 Å². The molecule has 6 heteroatoms. The zero-order valence-electron chi connectivity index (χ0n) is 25.3. The molecule has 218 valence electrons. The van der Waals surface area contributed by atoms with Gasteiger partial charge in [-0.15, -0.1) is 0 Å². The summed E-state index contributed by atoms with van der Waals surface area (Å²) in [6, 6.07) is 21.7. The van der Waals surface area contributed by atoms with Gasteiger partial charge in [-0.25, -0.2) is 0 Å². The average Bonchev–Trinajstić information content (AvgIpc) is 3.06. The molecule has 0 amide bonds. The third kappa shape index (κ3) is 9.72. The number of rotatable bonds is 12. The first-order valence-electron chi connectivity index (χ1n) is 14.9. The van der Waals surface area contributed by atoms with Crippen molar-refractivity contribution in [3.63, 3.8) is 0 Å². The van der Waals surface area contributed by atoms with E-state index in [1.807, 2.05) is 24.3 Å².